The molecule has 0 aliphatic carbocycles. The van der Waals surface area contributed by atoms with E-state index in [1.807, 2.05) is 31.2 Å². The summed E-state index contributed by atoms with van der Waals surface area (Å²) < 4.78 is 10.6. The van der Waals surface area contributed by atoms with Gasteiger partial charge in [-0.05, 0) is 36.2 Å². The summed E-state index contributed by atoms with van der Waals surface area (Å²) >= 11 is 0. The third-order valence-corrected chi connectivity index (χ3v) is 4.27. The van der Waals surface area contributed by atoms with Crippen LogP contribution in [0.3, 0.4) is 0 Å². The summed E-state index contributed by atoms with van der Waals surface area (Å²) in [5.41, 5.74) is 7.73. The molecule has 8 nitrogen and oxygen atoms in total. The molecule has 0 saturated carbocycles. The maximum atomic E-state index is 12.7. The van der Waals surface area contributed by atoms with Gasteiger partial charge < -0.3 is 20.1 Å². The Morgan fingerprint density at radius 1 is 1.21 bits per heavy atom. The number of benzene rings is 2. The minimum atomic E-state index is -0.577. The quantitative estimate of drug-likeness (QED) is 0.547. The molecule has 2 amide bonds. The van der Waals surface area contributed by atoms with Crippen molar-refractivity contribution in [3.8, 4) is 11.5 Å². The molecular weight excluding hydrogens is 372 g/mol. The van der Waals surface area contributed by atoms with E-state index in [-0.39, 0.29) is 12.5 Å². The Morgan fingerprint density at radius 3 is 2.72 bits per heavy atom. The van der Waals surface area contributed by atoms with Crippen molar-refractivity contribution in [2.24, 2.45) is 15.9 Å². The van der Waals surface area contributed by atoms with Gasteiger partial charge in [0, 0.05) is 12.1 Å². The molecule has 1 heterocycles. The maximum absolute atomic E-state index is 12.7. The first-order valence-electron chi connectivity index (χ1n) is 9.16. The Kier molecular flexibility index (Phi) is 6.23. The molecule has 2 aromatic rings. The van der Waals surface area contributed by atoms with Crippen molar-refractivity contribution in [3.63, 3.8) is 0 Å². The van der Waals surface area contributed by atoms with Gasteiger partial charge in [0.05, 0.1) is 19.0 Å². The highest BCUT2D eigenvalue weighted by Gasteiger charge is 2.33. The Bertz CT molecular complexity index is 984. The highest BCUT2D eigenvalue weighted by Crippen LogP contribution is 2.30. The van der Waals surface area contributed by atoms with Crippen molar-refractivity contribution < 1.29 is 19.1 Å². The number of carbonyl (C=O) groups is 2. The number of nitrogens with two attached hydrogens (primary N) is 1. The van der Waals surface area contributed by atoms with Crippen LogP contribution in [-0.2, 0) is 9.59 Å². The highest BCUT2D eigenvalue weighted by molar-refractivity contribution is 6.54. The van der Waals surface area contributed by atoms with Crippen molar-refractivity contribution in [1.82, 2.24) is 0 Å². The summed E-state index contributed by atoms with van der Waals surface area (Å²) in [6, 6.07) is 12.6. The lowest BCUT2D eigenvalue weighted by Gasteiger charge is -2.14. The van der Waals surface area contributed by atoms with Gasteiger partial charge in [-0.1, -0.05) is 25.1 Å². The second-order valence-electron chi connectivity index (χ2n) is 6.33. The Hall–Kier alpha value is -3.68. The zero-order valence-electron chi connectivity index (χ0n) is 16.3. The number of rotatable bonds is 8. The number of para-hydroxylation sites is 1. The van der Waals surface area contributed by atoms with Crippen LogP contribution in [0.1, 0.15) is 24.5 Å². The maximum Gasteiger partial charge on any atom is 0.279 e. The van der Waals surface area contributed by atoms with E-state index in [0.29, 0.717) is 29.3 Å². The molecule has 1 aliphatic heterocycles. The lowest BCUT2D eigenvalue weighted by atomic mass is 10.1. The van der Waals surface area contributed by atoms with E-state index < -0.39 is 5.91 Å². The smallest absolute Gasteiger partial charge is 0.279 e. The number of amides is 2. The van der Waals surface area contributed by atoms with Gasteiger partial charge in [-0.25, -0.2) is 0 Å². The number of primary amides is 1. The van der Waals surface area contributed by atoms with Crippen LogP contribution >= 0.6 is 0 Å². The molecule has 3 rings (SSSR count). The molecule has 0 unspecified atom stereocenters. The molecule has 0 bridgehead atoms. The van der Waals surface area contributed by atoms with Gasteiger partial charge in [-0.15, -0.1) is 5.10 Å². The van der Waals surface area contributed by atoms with Gasteiger partial charge >= 0.3 is 0 Å². The molecule has 0 saturated heterocycles. The predicted molar refractivity (Wildman–Crippen MR) is 111 cm³/mol. The molecule has 2 aromatic carbocycles. The molecule has 0 spiro atoms. The van der Waals surface area contributed by atoms with E-state index in [0.717, 1.165) is 17.7 Å². The summed E-state index contributed by atoms with van der Waals surface area (Å²) in [6.07, 6.45) is 2.37. The second kappa shape index (κ2) is 9.01. The number of nitrogens with zero attached hydrogens (tertiary/aromatic N) is 3. The fourth-order valence-corrected chi connectivity index (χ4v) is 2.99. The number of methoxy groups -OCH3 is 1. The lowest BCUT2D eigenvalue weighted by molar-refractivity contribution is -0.120. The summed E-state index contributed by atoms with van der Waals surface area (Å²) in [5.74, 6) is 0.0919. The molecule has 0 aromatic heterocycles. The number of hydrogen-bond acceptors (Lipinski definition) is 6. The van der Waals surface area contributed by atoms with E-state index in [2.05, 4.69) is 10.2 Å². The molecule has 1 aliphatic rings. The predicted octanol–water partition coefficient (Wildman–Crippen LogP) is 2.14. The first kappa shape index (κ1) is 20.1. The van der Waals surface area contributed by atoms with Crippen molar-refractivity contribution in [2.45, 2.75) is 13.3 Å². The van der Waals surface area contributed by atoms with E-state index in [1.54, 1.807) is 23.1 Å². The van der Waals surface area contributed by atoms with Gasteiger partial charge in [0.1, 0.15) is 0 Å². The topological polar surface area (TPSA) is 107 Å². The van der Waals surface area contributed by atoms with Crippen LogP contribution in [0.25, 0.3) is 0 Å². The number of hydrogen-bond donors (Lipinski definition) is 1. The molecule has 0 radical (unpaired) electrons. The summed E-state index contributed by atoms with van der Waals surface area (Å²) in [4.78, 5) is 25.3. The third kappa shape index (κ3) is 4.43. The molecule has 8 heteroatoms. The number of carbonyl (C=O) groups excluding carboxylic acids is 2. The minimum Gasteiger partial charge on any atom is -0.493 e. The van der Waals surface area contributed by atoms with Crippen LogP contribution in [0.4, 0.5) is 5.69 Å². The van der Waals surface area contributed by atoms with Gasteiger partial charge in [-0.2, -0.15) is 5.10 Å². The van der Waals surface area contributed by atoms with E-state index >= 15 is 0 Å². The fourth-order valence-electron chi connectivity index (χ4n) is 2.99. The highest BCUT2D eigenvalue weighted by atomic mass is 16.5. The molecule has 0 fully saturated rings. The van der Waals surface area contributed by atoms with Gasteiger partial charge in [0.25, 0.3) is 11.8 Å². The third-order valence-electron chi connectivity index (χ3n) is 4.27. The van der Waals surface area contributed by atoms with Crippen LogP contribution in [-0.4, -0.2) is 44.0 Å². The number of fused-ring (bicyclic) bond motifs is 1. The summed E-state index contributed by atoms with van der Waals surface area (Å²) in [7, 11) is 1.49. The van der Waals surface area contributed by atoms with Crippen molar-refractivity contribution in [2.75, 3.05) is 25.2 Å². The monoisotopic (exact) mass is 394 g/mol. The molecular formula is C21H22N4O4. The lowest BCUT2D eigenvalue weighted by Crippen LogP contribution is -2.30. The zero-order chi connectivity index (χ0) is 20.8. The minimum absolute atomic E-state index is 0.155. The Balaban J connectivity index is 1.82. The van der Waals surface area contributed by atoms with Crippen LogP contribution in [0, 0.1) is 0 Å². The Labute approximate surface area is 168 Å². The molecule has 2 N–H and O–H groups in total. The molecule has 150 valence electrons. The fraction of sp³-hybridized carbons (Fsp3) is 0.238. The largest absolute Gasteiger partial charge is 0.493 e. The SMILES string of the molecule is CCCN1C(=O)/C(=N/N=C\c2ccc(OCC(N)=O)c(OC)c2)c2ccccc21. The van der Waals surface area contributed by atoms with Crippen molar-refractivity contribution in [1.29, 1.82) is 0 Å². The van der Waals surface area contributed by atoms with Crippen LogP contribution in [0.5, 0.6) is 11.5 Å². The zero-order valence-corrected chi connectivity index (χ0v) is 16.3. The van der Waals surface area contributed by atoms with Gasteiger partial charge in [0.15, 0.2) is 23.8 Å². The summed E-state index contributed by atoms with van der Waals surface area (Å²) in [5, 5.41) is 8.26. The van der Waals surface area contributed by atoms with Gasteiger partial charge in [0.2, 0.25) is 0 Å². The first-order valence-corrected chi connectivity index (χ1v) is 9.16. The van der Waals surface area contributed by atoms with Crippen molar-refractivity contribution >= 4 is 29.4 Å². The average Bonchev–Trinajstić information content (AvgIpc) is 2.99. The van der Waals surface area contributed by atoms with Crippen LogP contribution < -0.4 is 20.1 Å². The first-order chi connectivity index (χ1) is 14.0. The summed E-state index contributed by atoms with van der Waals surface area (Å²) in [6.45, 7) is 2.41. The number of anilines is 1. The van der Waals surface area contributed by atoms with E-state index in [4.69, 9.17) is 15.2 Å². The normalized spacial score (nSPS) is 14.5. The Morgan fingerprint density at radius 2 is 2.00 bits per heavy atom. The van der Waals surface area contributed by atoms with E-state index in [1.165, 1.54) is 13.3 Å². The number of ether oxygens (including phenoxy) is 2. The van der Waals surface area contributed by atoms with Crippen molar-refractivity contribution in [3.05, 3.63) is 53.6 Å². The second-order valence-corrected chi connectivity index (χ2v) is 6.33. The van der Waals surface area contributed by atoms with Crippen LogP contribution in [0.2, 0.25) is 0 Å². The average molecular weight is 394 g/mol. The van der Waals surface area contributed by atoms with Gasteiger partial charge in [-0.3, -0.25) is 9.59 Å². The molecule has 29 heavy (non-hydrogen) atoms. The molecule has 0 atom stereocenters. The van der Waals surface area contributed by atoms with E-state index in [9.17, 15) is 9.59 Å². The van der Waals surface area contributed by atoms with Crippen LogP contribution in [0.15, 0.2) is 52.7 Å². The standard InChI is InChI=1S/C21H22N4O4/c1-3-10-25-16-7-5-4-6-15(16)20(21(25)27)24-23-12-14-8-9-17(18(11-14)28-2)29-13-19(22)26/h4-9,11-12H,3,10,13H2,1-2H3,(H2,22,26)/b23-12-,24-20+.